The molecule has 0 radical (unpaired) electrons. The summed E-state index contributed by atoms with van der Waals surface area (Å²) in [5.41, 5.74) is 2.13. The van der Waals surface area contributed by atoms with Gasteiger partial charge in [0.25, 0.3) is 5.91 Å². The zero-order chi connectivity index (χ0) is 19.1. The van der Waals surface area contributed by atoms with Crippen LogP contribution in [-0.4, -0.2) is 18.4 Å². The molecule has 2 amide bonds. The molecule has 0 aliphatic carbocycles. The molecule has 3 aromatic rings. The maximum atomic E-state index is 12.4. The van der Waals surface area contributed by atoms with Gasteiger partial charge in [0.15, 0.2) is 10.4 Å². The van der Waals surface area contributed by atoms with Gasteiger partial charge in [-0.15, -0.1) is 0 Å². The van der Waals surface area contributed by atoms with Gasteiger partial charge in [-0.05, 0) is 45.6 Å². The van der Waals surface area contributed by atoms with Crippen molar-refractivity contribution in [1.29, 1.82) is 0 Å². The first kappa shape index (κ1) is 18.9. The molecule has 2 aromatic carbocycles. The summed E-state index contributed by atoms with van der Waals surface area (Å²) in [4.78, 5) is 24.4. The van der Waals surface area contributed by atoms with Crippen LogP contribution in [-0.2, 0) is 11.2 Å². The normalized spacial score (nSPS) is 11.6. The summed E-state index contributed by atoms with van der Waals surface area (Å²) < 4.78 is 5.64. The molecule has 0 aliphatic rings. The van der Waals surface area contributed by atoms with Crippen LogP contribution < -0.4 is 10.6 Å². The second kappa shape index (κ2) is 9.19. The third kappa shape index (κ3) is 5.56. The minimum absolute atomic E-state index is 0.130. The lowest BCUT2D eigenvalue weighted by atomic mass is 9.99. The van der Waals surface area contributed by atoms with E-state index >= 15 is 0 Å². The van der Waals surface area contributed by atoms with Crippen LogP contribution in [0.15, 0.2) is 81.9 Å². The fraction of sp³-hybridized carbons (Fsp3) is 0.143. The van der Waals surface area contributed by atoms with E-state index in [-0.39, 0.29) is 24.3 Å². The molecule has 0 saturated heterocycles. The third-order valence-electron chi connectivity index (χ3n) is 4.03. The average Bonchev–Trinajstić information content (AvgIpc) is 3.13. The van der Waals surface area contributed by atoms with Gasteiger partial charge in [0.1, 0.15) is 0 Å². The molecular weight excluding hydrogens is 408 g/mol. The summed E-state index contributed by atoms with van der Waals surface area (Å²) in [7, 11) is 0. The van der Waals surface area contributed by atoms with Crippen molar-refractivity contribution < 1.29 is 14.0 Å². The number of carbonyl (C=O) groups is 2. The highest BCUT2D eigenvalue weighted by atomic mass is 79.9. The number of benzene rings is 2. The van der Waals surface area contributed by atoms with Crippen LogP contribution in [0, 0.1) is 0 Å². The summed E-state index contributed by atoms with van der Waals surface area (Å²) in [6, 6.07) is 22.7. The molecule has 0 aliphatic heterocycles. The molecule has 3 rings (SSSR count). The molecular formula is C21H19BrN2O3. The fourth-order valence-corrected chi connectivity index (χ4v) is 3.02. The summed E-state index contributed by atoms with van der Waals surface area (Å²) >= 11 is 3.14. The fourth-order valence-electron chi connectivity index (χ4n) is 2.72. The largest absolute Gasteiger partial charge is 0.444 e. The predicted octanol–water partition coefficient (Wildman–Crippen LogP) is 3.87. The van der Waals surface area contributed by atoms with Gasteiger partial charge in [-0.3, -0.25) is 9.59 Å². The number of halogens is 1. The van der Waals surface area contributed by atoms with Crippen molar-refractivity contribution in [1.82, 2.24) is 10.6 Å². The number of amides is 2. The third-order valence-corrected chi connectivity index (χ3v) is 4.45. The highest BCUT2D eigenvalue weighted by Gasteiger charge is 2.17. The van der Waals surface area contributed by atoms with Crippen molar-refractivity contribution in [3.63, 3.8) is 0 Å². The lowest BCUT2D eigenvalue weighted by Gasteiger charge is -2.19. The number of rotatable bonds is 7. The van der Waals surface area contributed by atoms with Crippen molar-refractivity contribution in [3.05, 3.63) is 94.4 Å². The molecule has 138 valence electrons. The minimum atomic E-state index is -0.435. The Morgan fingerprint density at radius 1 is 0.926 bits per heavy atom. The highest BCUT2D eigenvalue weighted by molar-refractivity contribution is 9.10. The SMILES string of the molecule is O=C(CNC(=O)c1ccc(Br)o1)NC(Cc1ccccc1)c1ccccc1. The first-order valence-corrected chi connectivity index (χ1v) is 9.33. The van der Waals surface area contributed by atoms with Gasteiger partial charge in [-0.1, -0.05) is 60.7 Å². The van der Waals surface area contributed by atoms with Gasteiger partial charge in [-0.25, -0.2) is 0 Å². The Morgan fingerprint density at radius 3 is 2.22 bits per heavy atom. The lowest BCUT2D eigenvalue weighted by molar-refractivity contribution is -0.120. The van der Waals surface area contributed by atoms with E-state index in [9.17, 15) is 9.59 Å². The molecule has 1 aromatic heterocycles. The molecule has 0 saturated carbocycles. The number of hydrogen-bond donors (Lipinski definition) is 2. The lowest BCUT2D eigenvalue weighted by Crippen LogP contribution is -2.39. The van der Waals surface area contributed by atoms with Crippen LogP contribution in [0.1, 0.15) is 27.7 Å². The first-order chi connectivity index (χ1) is 13.1. The van der Waals surface area contributed by atoms with Crippen LogP contribution in [0.4, 0.5) is 0 Å². The van der Waals surface area contributed by atoms with E-state index in [1.54, 1.807) is 12.1 Å². The second-order valence-corrected chi connectivity index (χ2v) is 6.79. The van der Waals surface area contributed by atoms with E-state index in [1.165, 1.54) is 0 Å². The van der Waals surface area contributed by atoms with Gasteiger partial charge >= 0.3 is 0 Å². The summed E-state index contributed by atoms with van der Waals surface area (Å²) in [6.45, 7) is -0.130. The van der Waals surface area contributed by atoms with Crippen molar-refractivity contribution in [2.75, 3.05) is 6.54 Å². The summed E-state index contributed by atoms with van der Waals surface area (Å²) in [5.74, 6) is -0.549. The van der Waals surface area contributed by atoms with Crippen molar-refractivity contribution in [3.8, 4) is 0 Å². The van der Waals surface area contributed by atoms with E-state index in [1.807, 2.05) is 60.7 Å². The number of hydrogen-bond acceptors (Lipinski definition) is 3. The first-order valence-electron chi connectivity index (χ1n) is 8.53. The quantitative estimate of drug-likeness (QED) is 0.602. The molecule has 1 unspecified atom stereocenters. The summed E-state index contributed by atoms with van der Waals surface area (Å²) in [5, 5.41) is 5.57. The number of carbonyl (C=O) groups excluding carboxylic acids is 2. The molecule has 1 heterocycles. The summed E-state index contributed by atoms with van der Waals surface area (Å²) in [6.07, 6.45) is 0.662. The molecule has 6 heteroatoms. The highest BCUT2D eigenvalue weighted by Crippen LogP contribution is 2.18. The topological polar surface area (TPSA) is 71.3 Å². The molecule has 1 atom stereocenters. The van der Waals surface area contributed by atoms with Crippen LogP contribution >= 0.6 is 15.9 Å². The minimum Gasteiger partial charge on any atom is -0.444 e. The molecule has 2 N–H and O–H groups in total. The maximum absolute atomic E-state index is 12.4. The molecule has 0 spiro atoms. The van der Waals surface area contributed by atoms with Crippen molar-refractivity contribution in [2.45, 2.75) is 12.5 Å². The van der Waals surface area contributed by atoms with E-state index < -0.39 is 5.91 Å². The monoisotopic (exact) mass is 426 g/mol. The van der Waals surface area contributed by atoms with E-state index in [2.05, 4.69) is 26.6 Å². The van der Waals surface area contributed by atoms with Crippen molar-refractivity contribution in [2.24, 2.45) is 0 Å². The van der Waals surface area contributed by atoms with E-state index in [4.69, 9.17) is 4.42 Å². The molecule has 27 heavy (non-hydrogen) atoms. The molecule has 0 fully saturated rings. The van der Waals surface area contributed by atoms with Crippen molar-refractivity contribution >= 4 is 27.7 Å². The smallest absolute Gasteiger partial charge is 0.287 e. The van der Waals surface area contributed by atoms with Gasteiger partial charge in [0, 0.05) is 0 Å². The Hall–Kier alpha value is -2.86. The average molecular weight is 427 g/mol. The van der Waals surface area contributed by atoms with Gasteiger partial charge in [0.05, 0.1) is 12.6 Å². The number of furan rings is 1. The Labute approximate surface area is 165 Å². The Morgan fingerprint density at radius 2 is 1.59 bits per heavy atom. The Bertz CT molecular complexity index is 894. The van der Waals surface area contributed by atoms with Gasteiger partial charge in [-0.2, -0.15) is 0 Å². The number of nitrogens with one attached hydrogen (secondary N) is 2. The van der Waals surface area contributed by atoms with Gasteiger partial charge < -0.3 is 15.1 Å². The van der Waals surface area contributed by atoms with Crippen LogP contribution in [0.25, 0.3) is 0 Å². The molecule has 0 bridgehead atoms. The Balaban J connectivity index is 1.62. The Kier molecular flexibility index (Phi) is 6.44. The van der Waals surface area contributed by atoms with Crippen LogP contribution in [0.3, 0.4) is 0 Å². The zero-order valence-corrected chi connectivity index (χ0v) is 16.1. The second-order valence-electron chi connectivity index (χ2n) is 6.01. The maximum Gasteiger partial charge on any atom is 0.287 e. The standard InChI is InChI=1S/C21H19BrN2O3/c22-19-12-11-18(27-19)21(26)23-14-20(25)24-17(16-9-5-2-6-10-16)13-15-7-3-1-4-8-15/h1-12,17H,13-14H2,(H,23,26)(H,24,25). The molecule has 5 nitrogen and oxygen atoms in total. The van der Waals surface area contributed by atoms with Crippen LogP contribution in [0.2, 0.25) is 0 Å². The van der Waals surface area contributed by atoms with E-state index in [0.29, 0.717) is 11.1 Å². The zero-order valence-electron chi connectivity index (χ0n) is 14.5. The van der Waals surface area contributed by atoms with Gasteiger partial charge in [0.2, 0.25) is 5.91 Å². The van der Waals surface area contributed by atoms with E-state index in [0.717, 1.165) is 11.1 Å². The predicted molar refractivity (Wildman–Crippen MR) is 106 cm³/mol. The van der Waals surface area contributed by atoms with Crippen LogP contribution in [0.5, 0.6) is 0 Å².